The summed E-state index contributed by atoms with van der Waals surface area (Å²) >= 11 is 0. The van der Waals surface area contributed by atoms with Crippen LogP contribution in [0.4, 0.5) is 0 Å². The molecule has 0 aromatic heterocycles. The number of aryl methyl sites for hydroxylation is 1. The molecule has 0 aliphatic rings. The zero-order valence-corrected chi connectivity index (χ0v) is 9.55. The molecule has 0 amide bonds. The molecule has 0 aliphatic heterocycles. The van der Waals surface area contributed by atoms with Crippen molar-refractivity contribution in [1.29, 1.82) is 0 Å². The minimum Gasteiger partial charge on any atom is -0.496 e. The van der Waals surface area contributed by atoms with Crippen LogP contribution in [0.2, 0.25) is 0 Å². The molecular formula is C11H17NO3. The number of hydroxylamine groups is 1. The minimum absolute atomic E-state index is 0.340. The third kappa shape index (κ3) is 2.22. The smallest absolute Gasteiger partial charge is 0.126 e. The highest BCUT2D eigenvalue weighted by Gasteiger charge is 2.13. The van der Waals surface area contributed by atoms with Gasteiger partial charge >= 0.3 is 0 Å². The molecule has 4 nitrogen and oxygen atoms in total. The van der Waals surface area contributed by atoms with Crippen molar-refractivity contribution in [3.8, 4) is 11.5 Å². The van der Waals surface area contributed by atoms with Gasteiger partial charge in [0.2, 0.25) is 0 Å². The Kier molecular flexibility index (Phi) is 3.94. The zero-order valence-electron chi connectivity index (χ0n) is 9.55. The molecule has 1 aromatic rings. The first-order valence-corrected chi connectivity index (χ1v) is 4.73. The Hall–Kier alpha value is -1.26. The van der Waals surface area contributed by atoms with Gasteiger partial charge in [0.15, 0.2) is 0 Å². The quantitative estimate of drug-likeness (QED) is 0.746. The second kappa shape index (κ2) is 5.00. The maximum Gasteiger partial charge on any atom is 0.126 e. The highest BCUT2D eigenvalue weighted by Crippen LogP contribution is 2.33. The predicted molar refractivity (Wildman–Crippen MR) is 57.6 cm³/mol. The average Bonchev–Trinajstić information content (AvgIpc) is 2.23. The summed E-state index contributed by atoms with van der Waals surface area (Å²) in [4.78, 5) is 0. The van der Waals surface area contributed by atoms with Crippen molar-refractivity contribution in [3.05, 3.63) is 22.8 Å². The van der Waals surface area contributed by atoms with Gasteiger partial charge in [0, 0.05) is 12.1 Å². The topological polar surface area (TPSA) is 50.7 Å². The van der Waals surface area contributed by atoms with Crippen LogP contribution in [-0.4, -0.2) is 19.4 Å². The van der Waals surface area contributed by atoms with Gasteiger partial charge in [-0.2, -0.15) is 0 Å². The molecule has 2 N–H and O–H groups in total. The molecule has 0 atom stereocenters. The van der Waals surface area contributed by atoms with Crippen LogP contribution in [0, 0.1) is 13.8 Å². The van der Waals surface area contributed by atoms with Gasteiger partial charge in [0.1, 0.15) is 11.5 Å². The summed E-state index contributed by atoms with van der Waals surface area (Å²) < 4.78 is 10.5. The van der Waals surface area contributed by atoms with Crippen molar-refractivity contribution in [2.75, 3.05) is 14.2 Å². The Bertz CT molecular complexity index is 350. The monoisotopic (exact) mass is 211 g/mol. The van der Waals surface area contributed by atoms with Crippen LogP contribution in [0.25, 0.3) is 0 Å². The van der Waals surface area contributed by atoms with Gasteiger partial charge in [-0.1, -0.05) is 0 Å². The van der Waals surface area contributed by atoms with Crippen LogP contribution in [0.3, 0.4) is 0 Å². The fourth-order valence-corrected chi connectivity index (χ4v) is 1.72. The Balaban J connectivity index is 3.33. The van der Waals surface area contributed by atoms with Gasteiger partial charge in [0.05, 0.1) is 14.2 Å². The molecule has 0 heterocycles. The highest BCUT2D eigenvalue weighted by atomic mass is 16.5. The van der Waals surface area contributed by atoms with Crippen molar-refractivity contribution in [2.45, 2.75) is 20.4 Å². The molecule has 0 aliphatic carbocycles. The molecule has 1 rings (SSSR count). The Labute approximate surface area is 89.8 Å². The van der Waals surface area contributed by atoms with Crippen molar-refractivity contribution in [1.82, 2.24) is 5.48 Å². The van der Waals surface area contributed by atoms with E-state index >= 15 is 0 Å². The summed E-state index contributed by atoms with van der Waals surface area (Å²) in [6, 6.07) is 1.93. The van der Waals surface area contributed by atoms with E-state index in [1.54, 1.807) is 14.2 Å². The summed E-state index contributed by atoms with van der Waals surface area (Å²) in [5.74, 6) is 1.59. The second-order valence-electron chi connectivity index (χ2n) is 3.37. The van der Waals surface area contributed by atoms with Gasteiger partial charge in [-0.3, -0.25) is 0 Å². The van der Waals surface area contributed by atoms with Crippen molar-refractivity contribution < 1.29 is 14.7 Å². The molecule has 0 unspecified atom stereocenters. The zero-order chi connectivity index (χ0) is 11.4. The highest BCUT2D eigenvalue weighted by molar-refractivity contribution is 5.52. The van der Waals surface area contributed by atoms with Gasteiger partial charge in [-0.15, -0.1) is 0 Å². The number of nitrogens with one attached hydrogen (secondary N) is 1. The van der Waals surface area contributed by atoms with Crippen LogP contribution in [-0.2, 0) is 6.54 Å². The molecular weight excluding hydrogens is 194 g/mol. The van der Waals surface area contributed by atoms with E-state index in [-0.39, 0.29) is 0 Å². The fraction of sp³-hybridized carbons (Fsp3) is 0.455. The van der Waals surface area contributed by atoms with E-state index in [9.17, 15) is 0 Å². The van der Waals surface area contributed by atoms with Crippen molar-refractivity contribution in [2.24, 2.45) is 0 Å². The van der Waals surface area contributed by atoms with E-state index < -0.39 is 0 Å². The summed E-state index contributed by atoms with van der Waals surface area (Å²) in [7, 11) is 3.25. The second-order valence-corrected chi connectivity index (χ2v) is 3.37. The normalized spacial score (nSPS) is 10.2. The lowest BCUT2D eigenvalue weighted by molar-refractivity contribution is 0.159. The number of methoxy groups -OCH3 is 2. The molecule has 0 saturated carbocycles. The van der Waals surface area contributed by atoms with Crippen molar-refractivity contribution >= 4 is 0 Å². The van der Waals surface area contributed by atoms with Crippen LogP contribution in [0.1, 0.15) is 16.7 Å². The molecule has 15 heavy (non-hydrogen) atoms. The lowest BCUT2D eigenvalue weighted by Crippen LogP contribution is -2.10. The molecule has 0 saturated heterocycles. The average molecular weight is 211 g/mol. The first-order valence-electron chi connectivity index (χ1n) is 4.73. The first-order chi connectivity index (χ1) is 7.15. The van der Waals surface area contributed by atoms with Gasteiger partial charge in [-0.25, -0.2) is 5.48 Å². The largest absolute Gasteiger partial charge is 0.496 e. The Morgan fingerprint density at radius 1 is 1.27 bits per heavy atom. The molecule has 0 bridgehead atoms. The van der Waals surface area contributed by atoms with E-state index in [1.165, 1.54) is 0 Å². The summed E-state index contributed by atoms with van der Waals surface area (Å²) in [5.41, 5.74) is 5.02. The molecule has 84 valence electrons. The van der Waals surface area contributed by atoms with E-state index in [2.05, 4.69) is 5.48 Å². The molecule has 4 heteroatoms. The fourth-order valence-electron chi connectivity index (χ4n) is 1.72. The number of hydrogen-bond acceptors (Lipinski definition) is 4. The van der Waals surface area contributed by atoms with Crippen LogP contribution in [0.5, 0.6) is 11.5 Å². The number of benzene rings is 1. The summed E-state index contributed by atoms with van der Waals surface area (Å²) in [5, 5.41) is 8.77. The maximum absolute atomic E-state index is 8.77. The summed E-state index contributed by atoms with van der Waals surface area (Å²) in [6.07, 6.45) is 0. The lowest BCUT2D eigenvalue weighted by atomic mass is 10.0. The van der Waals surface area contributed by atoms with Crippen molar-refractivity contribution in [3.63, 3.8) is 0 Å². The minimum atomic E-state index is 0.340. The first kappa shape index (κ1) is 11.8. The lowest BCUT2D eigenvalue weighted by Gasteiger charge is -2.16. The molecule has 0 radical (unpaired) electrons. The van der Waals surface area contributed by atoms with E-state index in [4.69, 9.17) is 14.7 Å². The van der Waals surface area contributed by atoms with Crippen LogP contribution >= 0.6 is 0 Å². The van der Waals surface area contributed by atoms with Crippen LogP contribution in [0.15, 0.2) is 6.07 Å². The van der Waals surface area contributed by atoms with Gasteiger partial charge in [0.25, 0.3) is 0 Å². The number of rotatable bonds is 4. The molecule has 0 fully saturated rings. The standard InChI is InChI=1S/C11H17NO3/c1-7-5-10(14-3)8(2)9(6-12-13)11(7)15-4/h5,12-13H,6H2,1-4H3. The maximum atomic E-state index is 8.77. The molecule has 1 aromatic carbocycles. The number of hydrogen-bond donors (Lipinski definition) is 2. The van der Waals surface area contributed by atoms with Crippen LogP contribution < -0.4 is 15.0 Å². The Morgan fingerprint density at radius 3 is 2.40 bits per heavy atom. The van der Waals surface area contributed by atoms with E-state index in [1.807, 2.05) is 19.9 Å². The number of ether oxygens (including phenoxy) is 2. The third-order valence-electron chi connectivity index (χ3n) is 2.48. The van der Waals surface area contributed by atoms with Gasteiger partial charge < -0.3 is 14.7 Å². The third-order valence-corrected chi connectivity index (χ3v) is 2.48. The SMILES string of the molecule is COc1cc(C)c(OC)c(CNO)c1C. The predicted octanol–water partition coefficient (Wildman–Crippen LogP) is 1.80. The summed E-state index contributed by atoms with van der Waals surface area (Å²) in [6.45, 7) is 4.22. The Morgan fingerprint density at radius 2 is 1.93 bits per heavy atom. The van der Waals surface area contributed by atoms with E-state index in [0.717, 1.165) is 28.2 Å². The van der Waals surface area contributed by atoms with Gasteiger partial charge in [-0.05, 0) is 31.0 Å². The molecule has 0 spiro atoms. The van der Waals surface area contributed by atoms with E-state index in [0.29, 0.717) is 6.54 Å².